The first-order valence-electron chi connectivity index (χ1n) is 7.93. The minimum atomic E-state index is -3.55. The third-order valence-corrected chi connectivity index (χ3v) is 5.42. The molecule has 0 unspecified atom stereocenters. The summed E-state index contributed by atoms with van der Waals surface area (Å²) in [5.74, 6) is -0.230. The number of carbonyl (C=O) groups is 1. The van der Waals surface area contributed by atoms with E-state index in [9.17, 15) is 13.2 Å². The zero-order chi connectivity index (χ0) is 16.0. The highest BCUT2D eigenvalue weighted by Gasteiger charge is 2.23. The van der Waals surface area contributed by atoms with Crippen molar-refractivity contribution in [1.29, 1.82) is 0 Å². The van der Waals surface area contributed by atoms with Crippen LogP contribution in [-0.4, -0.2) is 26.9 Å². The van der Waals surface area contributed by atoms with Gasteiger partial charge in [0.1, 0.15) is 0 Å². The summed E-state index contributed by atoms with van der Waals surface area (Å²) in [5, 5.41) is 2.80. The van der Waals surface area contributed by atoms with Gasteiger partial charge in [0.2, 0.25) is 10.0 Å². The highest BCUT2D eigenvalue weighted by atomic mass is 32.2. The number of carbonyl (C=O) groups excluding carboxylic acids is 1. The number of amides is 1. The number of sulfonamides is 1. The summed E-state index contributed by atoms with van der Waals surface area (Å²) in [7, 11) is -3.55. The molecule has 22 heavy (non-hydrogen) atoms. The molecule has 0 saturated heterocycles. The topological polar surface area (TPSA) is 75.3 Å². The molecule has 0 aliphatic heterocycles. The van der Waals surface area contributed by atoms with Gasteiger partial charge in [-0.05, 0) is 37.5 Å². The molecule has 6 heteroatoms. The van der Waals surface area contributed by atoms with Gasteiger partial charge < -0.3 is 5.32 Å². The molecule has 0 atom stereocenters. The van der Waals surface area contributed by atoms with Gasteiger partial charge >= 0.3 is 0 Å². The lowest BCUT2D eigenvalue weighted by molar-refractivity contribution is 0.0953. The zero-order valence-electron chi connectivity index (χ0n) is 13.0. The summed E-state index contributed by atoms with van der Waals surface area (Å²) >= 11 is 0. The minimum Gasteiger partial charge on any atom is -0.352 e. The smallest absolute Gasteiger partial charge is 0.251 e. The number of hydrogen-bond donors (Lipinski definition) is 2. The quantitative estimate of drug-likeness (QED) is 0.756. The lowest BCUT2D eigenvalue weighted by Gasteiger charge is -2.13. The van der Waals surface area contributed by atoms with E-state index in [1.165, 1.54) is 12.1 Å². The lowest BCUT2D eigenvalue weighted by Crippen LogP contribution is -2.33. The van der Waals surface area contributed by atoms with Gasteiger partial charge in [-0.3, -0.25) is 4.79 Å². The van der Waals surface area contributed by atoms with Crippen molar-refractivity contribution in [3.63, 3.8) is 0 Å². The molecule has 1 aliphatic carbocycles. The monoisotopic (exact) mass is 324 g/mol. The van der Waals surface area contributed by atoms with Gasteiger partial charge in [0.05, 0.1) is 4.90 Å². The Balaban J connectivity index is 2.07. The normalized spacial score (nSPS) is 15.9. The maximum absolute atomic E-state index is 12.4. The van der Waals surface area contributed by atoms with Gasteiger partial charge in [-0.2, -0.15) is 0 Å². The highest BCUT2D eigenvalue weighted by molar-refractivity contribution is 7.89. The fourth-order valence-corrected chi connectivity index (χ4v) is 3.97. The maximum Gasteiger partial charge on any atom is 0.251 e. The highest BCUT2D eigenvalue weighted by Crippen LogP contribution is 2.20. The van der Waals surface area contributed by atoms with Crippen LogP contribution in [0.4, 0.5) is 0 Å². The Labute approximate surface area is 132 Å². The fourth-order valence-electron chi connectivity index (χ4n) is 2.62. The number of benzene rings is 1. The second kappa shape index (κ2) is 7.74. The van der Waals surface area contributed by atoms with Crippen molar-refractivity contribution >= 4 is 15.9 Å². The lowest BCUT2D eigenvalue weighted by atomic mass is 10.2. The second-order valence-corrected chi connectivity index (χ2v) is 7.45. The minimum absolute atomic E-state index is 0.0204. The van der Waals surface area contributed by atoms with E-state index in [-0.39, 0.29) is 16.8 Å². The molecule has 1 aliphatic rings. The van der Waals surface area contributed by atoms with E-state index >= 15 is 0 Å². The molecule has 1 fully saturated rings. The standard InChI is InChI=1S/C16H24N2O3S/c1-2-3-11-17-16(19)13-7-6-10-15(12-13)22(20,21)18-14-8-4-5-9-14/h6-7,10,12,14,18H,2-5,8-9,11H2,1H3,(H,17,19). The molecule has 5 nitrogen and oxygen atoms in total. The van der Waals surface area contributed by atoms with E-state index in [1.807, 2.05) is 6.92 Å². The Morgan fingerprint density at radius 1 is 1.27 bits per heavy atom. The van der Waals surface area contributed by atoms with Crippen LogP contribution < -0.4 is 10.0 Å². The summed E-state index contributed by atoms with van der Waals surface area (Å²) in [6, 6.07) is 6.24. The van der Waals surface area contributed by atoms with Crippen LogP contribution in [-0.2, 0) is 10.0 Å². The third-order valence-electron chi connectivity index (χ3n) is 3.90. The van der Waals surface area contributed by atoms with Crippen molar-refractivity contribution in [3.05, 3.63) is 29.8 Å². The van der Waals surface area contributed by atoms with Crippen molar-refractivity contribution < 1.29 is 13.2 Å². The predicted molar refractivity (Wildman–Crippen MR) is 86.3 cm³/mol. The van der Waals surface area contributed by atoms with Crippen LogP contribution in [0.15, 0.2) is 29.2 Å². The Kier molecular flexibility index (Phi) is 5.97. The first-order chi connectivity index (χ1) is 10.5. The molecule has 0 radical (unpaired) electrons. The Hall–Kier alpha value is -1.40. The van der Waals surface area contributed by atoms with Gasteiger partial charge in [0.15, 0.2) is 0 Å². The number of nitrogens with one attached hydrogen (secondary N) is 2. The average molecular weight is 324 g/mol. The molecule has 2 N–H and O–H groups in total. The predicted octanol–water partition coefficient (Wildman–Crippen LogP) is 2.44. The van der Waals surface area contributed by atoms with Crippen LogP contribution in [0.2, 0.25) is 0 Å². The van der Waals surface area contributed by atoms with Crippen molar-refractivity contribution in [3.8, 4) is 0 Å². The van der Waals surface area contributed by atoms with Gasteiger partial charge in [0, 0.05) is 18.2 Å². The first-order valence-corrected chi connectivity index (χ1v) is 9.42. The zero-order valence-corrected chi connectivity index (χ0v) is 13.8. The maximum atomic E-state index is 12.4. The van der Waals surface area contributed by atoms with Crippen LogP contribution in [0.3, 0.4) is 0 Å². The van der Waals surface area contributed by atoms with Gasteiger partial charge in [0.25, 0.3) is 5.91 Å². The molecule has 0 spiro atoms. The van der Waals surface area contributed by atoms with Crippen LogP contribution in [0.25, 0.3) is 0 Å². The van der Waals surface area contributed by atoms with Crippen LogP contribution in [0, 0.1) is 0 Å². The van der Waals surface area contributed by atoms with E-state index in [0.29, 0.717) is 12.1 Å². The van der Waals surface area contributed by atoms with E-state index in [1.54, 1.807) is 12.1 Å². The number of hydrogen-bond acceptors (Lipinski definition) is 3. The molecule has 0 heterocycles. The van der Waals surface area contributed by atoms with E-state index in [2.05, 4.69) is 10.0 Å². The van der Waals surface area contributed by atoms with E-state index < -0.39 is 10.0 Å². The number of rotatable bonds is 7. The first kappa shape index (κ1) is 17.0. The Morgan fingerprint density at radius 2 is 2.00 bits per heavy atom. The Bertz CT molecular complexity index is 608. The molecule has 1 aromatic rings. The fraction of sp³-hybridized carbons (Fsp3) is 0.562. The van der Waals surface area contributed by atoms with Crippen molar-refractivity contribution in [2.75, 3.05) is 6.54 Å². The van der Waals surface area contributed by atoms with Gasteiger partial charge in [-0.25, -0.2) is 13.1 Å². The van der Waals surface area contributed by atoms with Crippen LogP contribution in [0.5, 0.6) is 0 Å². The Morgan fingerprint density at radius 3 is 2.68 bits per heavy atom. The van der Waals surface area contributed by atoms with E-state index in [4.69, 9.17) is 0 Å². The average Bonchev–Trinajstić information content (AvgIpc) is 3.00. The van der Waals surface area contributed by atoms with Crippen LogP contribution in [0.1, 0.15) is 55.8 Å². The summed E-state index contributed by atoms with van der Waals surface area (Å²) in [5.41, 5.74) is 0.380. The molecule has 1 aromatic carbocycles. The molecule has 0 bridgehead atoms. The largest absolute Gasteiger partial charge is 0.352 e. The second-order valence-electron chi connectivity index (χ2n) is 5.74. The SMILES string of the molecule is CCCCNC(=O)c1cccc(S(=O)(=O)NC2CCCC2)c1. The van der Waals surface area contributed by atoms with Crippen molar-refractivity contribution in [2.45, 2.75) is 56.4 Å². The summed E-state index contributed by atoms with van der Waals surface area (Å²) in [6.07, 6.45) is 5.81. The molecule has 122 valence electrons. The summed E-state index contributed by atoms with van der Waals surface area (Å²) in [6.45, 7) is 2.65. The van der Waals surface area contributed by atoms with Gasteiger partial charge in [-0.15, -0.1) is 0 Å². The molecule has 0 aromatic heterocycles. The van der Waals surface area contributed by atoms with Crippen LogP contribution >= 0.6 is 0 Å². The molecule has 2 rings (SSSR count). The molecule has 1 saturated carbocycles. The summed E-state index contributed by atoms with van der Waals surface area (Å²) in [4.78, 5) is 12.2. The van der Waals surface area contributed by atoms with Crippen molar-refractivity contribution in [2.24, 2.45) is 0 Å². The third kappa shape index (κ3) is 4.55. The number of unbranched alkanes of at least 4 members (excludes halogenated alkanes) is 1. The van der Waals surface area contributed by atoms with Gasteiger partial charge in [-0.1, -0.05) is 32.3 Å². The summed E-state index contributed by atoms with van der Waals surface area (Å²) < 4.78 is 27.5. The van der Waals surface area contributed by atoms with Crippen molar-refractivity contribution in [1.82, 2.24) is 10.0 Å². The molecule has 1 amide bonds. The molecular weight excluding hydrogens is 300 g/mol. The van der Waals surface area contributed by atoms with E-state index in [0.717, 1.165) is 38.5 Å². The molecular formula is C16H24N2O3S.